The lowest BCUT2D eigenvalue weighted by Crippen LogP contribution is -2.25. The van der Waals surface area contributed by atoms with Gasteiger partial charge in [-0.3, -0.25) is 0 Å². The van der Waals surface area contributed by atoms with E-state index in [1.165, 1.54) is 0 Å². The van der Waals surface area contributed by atoms with E-state index >= 15 is 0 Å². The third-order valence-electron chi connectivity index (χ3n) is 3.29. The van der Waals surface area contributed by atoms with Crippen LogP contribution in [0.3, 0.4) is 0 Å². The maximum Gasteiger partial charge on any atom is 0.331 e. The summed E-state index contributed by atoms with van der Waals surface area (Å²) in [5.41, 5.74) is 1.73. The van der Waals surface area contributed by atoms with Gasteiger partial charge in [0.2, 0.25) is 0 Å². The van der Waals surface area contributed by atoms with Crippen molar-refractivity contribution in [2.24, 2.45) is 0 Å². The van der Waals surface area contributed by atoms with Crippen LogP contribution in [-0.4, -0.2) is 6.16 Å². The molecule has 0 amide bonds. The molecule has 0 saturated carbocycles. The van der Waals surface area contributed by atoms with E-state index in [4.69, 9.17) is 32.2 Å². The van der Waals surface area contributed by atoms with Gasteiger partial charge in [0.15, 0.2) is 11.5 Å². The first kappa shape index (κ1) is 14.9. The predicted octanol–water partition coefficient (Wildman–Crippen LogP) is 4.50. The second kappa shape index (κ2) is 5.66. The molecule has 1 heterocycles. The van der Waals surface area contributed by atoms with Gasteiger partial charge in [0.1, 0.15) is 6.16 Å². The summed E-state index contributed by atoms with van der Waals surface area (Å²) in [6.45, 7) is 1.77. The highest BCUT2D eigenvalue weighted by molar-refractivity contribution is 7.59. The molecule has 3 nitrogen and oxygen atoms in total. The molecule has 0 aliphatic carbocycles. The van der Waals surface area contributed by atoms with Crippen LogP contribution in [0.5, 0.6) is 11.5 Å². The molecule has 0 bridgehead atoms. The summed E-state index contributed by atoms with van der Waals surface area (Å²) in [4.78, 5) is 12.8. The van der Waals surface area contributed by atoms with Gasteiger partial charge in [0.05, 0.1) is 0 Å². The van der Waals surface area contributed by atoms with Crippen molar-refractivity contribution in [2.75, 3.05) is 6.16 Å². The third-order valence-corrected chi connectivity index (χ3v) is 5.48. The highest BCUT2D eigenvalue weighted by Gasteiger charge is 2.34. The molecule has 110 valence electrons. The fourth-order valence-corrected chi connectivity index (χ4v) is 3.84. The van der Waals surface area contributed by atoms with Gasteiger partial charge in [-0.15, -0.1) is 0 Å². The Bertz CT molecular complexity index is 637. The zero-order valence-electron chi connectivity index (χ0n) is 11.3. The number of fused-ring (bicyclic) bond motifs is 2. The zero-order valence-corrected chi connectivity index (χ0v) is 13.7. The van der Waals surface area contributed by atoms with Gasteiger partial charge in [-0.25, -0.2) is 0 Å². The van der Waals surface area contributed by atoms with Crippen LogP contribution >= 0.6 is 31.1 Å². The van der Waals surface area contributed by atoms with Gasteiger partial charge in [0.25, 0.3) is 0 Å². The van der Waals surface area contributed by atoms with Crippen LogP contribution in [0.1, 0.15) is 18.1 Å². The van der Waals surface area contributed by atoms with Crippen LogP contribution in [0.15, 0.2) is 36.4 Å². The van der Waals surface area contributed by atoms with Crippen LogP contribution in [-0.2, 0) is 6.42 Å². The van der Waals surface area contributed by atoms with Crippen LogP contribution in [0.25, 0.3) is 0 Å². The molecular weight excluding hydrogens is 330 g/mol. The van der Waals surface area contributed by atoms with E-state index in [-0.39, 0.29) is 6.16 Å². The molecule has 21 heavy (non-hydrogen) atoms. The quantitative estimate of drug-likeness (QED) is 0.716. The first-order valence-electron chi connectivity index (χ1n) is 6.54. The smallest absolute Gasteiger partial charge is 0.331 e. The van der Waals surface area contributed by atoms with E-state index in [1.807, 2.05) is 12.1 Å². The van der Waals surface area contributed by atoms with Crippen molar-refractivity contribution in [3.8, 4) is 11.5 Å². The van der Waals surface area contributed by atoms with Crippen molar-refractivity contribution in [1.82, 2.24) is 0 Å². The third kappa shape index (κ3) is 3.12. The molecule has 0 N–H and O–H groups in total. The van der Waals surface area contributed by atoms with Crippen LogP contribution in [0, 0.1) is 0 Å². The van der Waals surface area contributed by atoms with Crippen molar-refractivity contribution in [3.05, 3.63) is 57.6 Å². The summed E-state index contributed by atoms with van der Waals surface area (Å²) < 4.78 is 11.3. The molecule has 0 fully saturated rings. The van der Waals surface area contributed by atoms with E-state index in [9.17, 15) is 4.89 Å². The standard InChI is InChI=1S/C15H13Cl2O3P/c1-2-21(18)19-14-5-3-12(16)8-10(14)7-11-9-13(17)4-6-15(11)20-21/h3-6,8-9H,2,7H2,1H3. The first-order valence-corrected chi connectivity index (χ1v) is 9.02. The molecule has 6 heteroatoms. The fourth-order valence-electron chi connectivity index (χ4n) is 2.20. The summed E-state index contributed by atoms with van der Waals surface area (Å²) in [5.74, 6) is 1.07. The Balaban J connectivity index is 2.16. The highest BCUT2D eigenvalue weighted by atomic mass is 35.5. The van der Waals surface area contributed by atoms with Gasteiger partial charge in [-0.2, -0.15) is 0 Å². The Morgan fingerprint density at radius 2 is 1.48 bits per heavy atom. The number of hydrogen-bond acceptors (Lipinski definition) is 3. The van der Waals surface area contributed by atoms with Crippen LogP contribution in [0.2, 0.25) is 10.0 Å². The van der Waals surface area contributed by atoms with Crippen LogP contribution < -0.4 is 13.9 Å². The normalized spacial score (nSPS) is 15.8. The van der Waals surface area contributed by atoms with E-state index in [0.29, 0.717) is 28.0 Å². The Morgan fingerprint density at radius 1 is 1.00 bits per heavy atom. The molecule has 0 spiro atoms. The van der Waals surface area contributed by atoms with E-state index in [2.05, 4.69) is 0 Å². The summed E-state index contributed by atoms with van der Waals surface area (Å²) in [6.07, 6.45) is 0.826. The summed E-state index contributed by atoms with van der Waals surface area (Å²) in [6, 6.07) is 10.5. The number of benzene rings is 2. The minimum Gasteiger partial charge on any atom is -0.617 e. The van der Waals surface area contributed by atoms with Gasteiger partial charge in [-0.05, 0) is 43.3 Å². The molecule has 0 unspecified atom stereocenters. The lowest BCUT2D eigenvalue weighted by Gasteiger charge is -2.30. The lowest BCUT2D eigenvalue weighted by molar-refractivity contribution is -0.202. The van der Waals surface area contributed by atoms with Crippen LogP contribution in [0.4, 0.5) is 0 Å². The average molecular weight is 343 g/mol. The average Bonchev–Trinajstić information content (AvgIpc) is 2.43. The summed E-state index contributed by atoms with van der Waals surface area (Å²) in [5, 5.41) is 1.21. The molecule has 3 rings (SSSR count). The van der Waals surface area contributed by atoms with Crippen molar-refractivity contribution in [2.45, 2.75) is 13.3 Å². The van der Waals surface area contributed by atoms with Crippen molar-refractivity contribution >= 4 is 31.1 Å². The minimum absolute atomic E-state index is 0.275. The topological polar surface area (TPSA) is 41.5 Å². The Morgan fingerprint density at radius 3 is 1.90 bits per heavy atom. The highest BCUT2D eigenvalue weighted by Crippen LogP contribution is 2.55. The molecule has 0 saturated heterocycles. The van der Waals surface area contributed by atoms with Crippen molar-refractivity contribution in [3.63, 3.8) is 0 Å². The molecule has 2 aromatic rings. The predicted molar refractivity (Wildman–Crippen MR) is 84.4 cm³/mol. The maximum absolute atomic E-state index is 12.8. The van der Waals surface area contributed by atoms with E-state index < -0.39 is 7.94 Å². The fraction of sp³-hybridized carbons (Fsp3) is 0.200. The first-order chi connectivity index (χ1) is 9.99. The van der Waals surface area contributed by atoms with E-state index in [1.54, 1.807) is 31.2 Å². The zero-order chi connectivity index (χ0) is 15.0. The second-order valence-corrected chi connectivity index (χ2v) is 7.88. The molecule has 0 atom stereocenters. The second-order valence-electron chi connectivity index (χ2n) is 4.79. The number of hydrogen-bond donors (Lipinski definition) is 0. The van der Waals surface area contributed by atoms with Gasteiger partial charge >= 0.3 is 7.94 Å². The van der Waals surface area contributed by atoms with E-state index in [0.717, 1.165) is 11.1 Å². The SMILES string of the molecule is CC[P+]1([O-])Oc2ccc(Cl)cc2Cc2cc(Cl)ccc2O1. The van der Waals surface area contributed by atoms with Gasteiger partial charge in [0, 0.05) is 27.6 Å². The van der Waals surface area contributed by atoms with Crippen molar-refractivity contribution < 1.29 is 13.9 Å². The maximum atomic E-state index is 12.8. The summed E-state index contributed by atoms with van der Waals surface area (Å²) >= 11 is 12.1. The molecule has 2 aromatic carbocycles. The molecule has 0 radical (unpaired) electrons. The van der Waals surface area contributed by atoms with Gasteiger partial charge < -0.3 is 13.9 Å². The Kier molecular flexibility index (Phi) is 4.02. The monoisotopic (exact) mass is 342 g/mol. The van der Waals surface area contributed by atoms with Crippen molar-refractivity contribution in [1.29, 1.82) is 0 Å². The Hall–Kier alpha value is -0.990. The number of rotatable bonds is 1. The largest absolute Gasteiger partial charge is 0.617 e. The molecule has 1 aliphatic rings. The minimum atomic E-state index is -3.25. The lowest BCUT2D eigenvalue weighted by atomic mass is 10.0. The number of halogens is 2. The van der Waals surface area contributed by atoms with Gasteiger partial charge in [-0.1, -0.05) is 23.2 Å². The molecule has 1 aliphatic heterocycles. The molecule has 0 aromatic heterocycles. The molecular formula is C15H13Cl2O3P. The Labute approximate surface area is 134 Å². The summed E-state index contributed by atoms with van der Waals surface area (Å²) in [7, 11) is -3.25.